The number of benzene rings is 1. The maximum absolute atomic E-state index is 12.0. The van der Waals surface area contributed by atoms with Crippen molar-refractivity contribution in [2.45, 2.75) is 19.9 Å². The van der Waals surface area contributed by atoms with Crippen LogP contribution in [0.2, 0.25) is 0 Å². The third-order valence-electron chi connectivity index (χ3n) is 2.39. The number of hydrogen-bond donors (Lipinski definition) is 3. The Morgan fingerprint density at radius 1 is 1.20 bits per heavy atom. The van der Waals surface area contributed by atoms with Gasteiger partial charge in [-0.15, -0.1) is 0 Å². The molecule has 1 aromatic rings. The van der Waals surface area contributed by atoms with Crippen molar-refractivity contribution < 1.29 is 13.2 Å². The summed E-state index contributed by atoms with van der Waals surface area (Å²) in [5.74, 6) is -0.232. The van der Waals surface area contributed by atoms with Crippen LogP contribution in [0.1, 0.15) is 24.2 Å². The number of amides is 1. The Balaban J connectivity index is 2.59. The normalized spacial score (nSPS) is 11.4. The maximum atomic E-state index is 12.0. The lowest BCUT2D eigenvalue weighted by Crippen LogP contribution is -2.34. The minimum absolute atomic E-state index is 0.171. The van der Waals surface area contributed by atoms with Crippen LogP contribution in [0.15, 0.2) is 24.3 Å². The fourth-order valence-corrected chi connectivity index (χ4v) is 2.10. The molecule has 6 nitrogen and oxygen atoms in total. The zero-order valence-corrected chi connectivity index (χ0v) is 12.8. The summed E-state index contributed by atoms with van der Waals surface area (Å²) in [5, 5.41) is 5.88. The van der Waals surface area contributed by atoms with Crippen molar-refractivity contribution in [2.24, 2.45) is 0 Å². The van der Waals surface area contributed by atoms with E-state index >= 15 is 0 Å². The number of carbonyl (C=O) groups excluding carboxylic acids is 1. The van der Waals surface area contributed by atoms with Gasteiger partial charge in [0.15, 0.2) is 0 Å². The minimum atomic E-state index is -3.22. The van der Waals surface area contributed by atoms with Gasteiger partial charge in [-0.1, -0.05) is 12.1 Å². The van der Waals surface area contributed by atoms with E-state index in [-0.39, 0.29) is 25.0 Å². The molecule has 1 amide bonds. The van der Waals surface area contributed by atoms with Crippen molar-refractivity contribution in [3.63, 3.8) is 0 Å². The van der Waals surface area contributed by atoms with Gasteiger partial charge in [-0.05, 0) is 26.0 Å². The smallest absolute Gasteiger partial charge is 0.253 e. The monoisotopic (exact) mass is 299 g/mol. The van der Waals surface area contributed by atoms with E-state index < -0.39 is 10.0 Å². The number of carbonyl (C=O) groups is 1. The summed E-state index contributed by atoms with van der Waals surface area (Å²) in [4.78, 5) is 12.0. The van der Waals surface area contributed by atoms with Gasteiger partial charge in [-0.3, -0.25) is 4.79 Å². The lowest BCUT2D eigenvalue weighted by molar-refractivity contribution is 0.0955. The molecule has 0 fully saturated rings. The van der Waals surface area contributed by atoms with E-state index in [0.717, 1.165) is 11.9 Å². The summed E-state index contributed by atoms with van der Waals surface area (Å²) in [5.41, 5.74) is 1.30. The molecular formula is C13H21N3O3S. The number of hydrogen-bond acceptors (Lipinski definition) is 4. The molecule has 0 aromatic heterocycles. The van der Waals surface area contributed by atoms with E-state index in [1.807, 2.05) is 26.0 Å². The molecule has 0 aliphatic carbocycles. The maximum Gasteiger partial charge on any atom is 0.253 e. The first-order valence-corrected chi connectivity index (χ1v) is 8.27. The topological polar surface area (TPSA) is 87.3 Å². The molecule has 20 heavy (non-hydrogen) atoms. The van der Waals surface area contributed by atoms with Crippen LogP contribution in [0.3, 0.4) is 0 Å². The van der Waals surface area contributed by atoms with Crippen molar-refractivity contribution >= 4 is 21.6 Å². The van der Waals surface area contributed by atoms with Crippen LogP contribution in [0.5, 0.6) is 0 Å². The van der Waals surface area contributed by atoms with E-state index in [0.29, 0.717) is 5.56 Å². The molecule has 0 unspecified atom stereocenters. The fourth-order valence-electron chi connectivity index (χ4n) is 1.63. The van der Waals surface area contributed by atoms with Gasteiger partial charge in [0.2, 0.25) is 10.0 Å². The standard InChI is InChI=1S/C13H21N3O3S/c1-10(2)16-12-7-5-4-6-11(12)13(17)14-8-9-15-20(3,18)19/h4-7,10,15-16H,8-9H2,1-3H3,(H,14,17). The van der Waals surface area contributed by atoms with Crippen LogP contribution >= 0.6 is 0 Å². The van der Waals surface area contributed by atoms with Crippen molar-refractivity contribution in [1.82, 2.24) is 10.0 Å². The lowest BCUT2D eigenvalue weighted by Gasteiger charge is -2.14. The first-order chi connectivity index (χ1) is 9.29. The fraction of sp³-hybridized carbons (Fsp3) is 0.462. The zero-order valence-electron chi connectivity index (χ0n) is 11.9. The summed E-state index contributed by atoms with van der Waals surface area (Å²) in [7, 11) is -3.22. The lowest BCUT2D eigenvalue weighted by atomic mass is 10.1. The van der Waals surface area contributed by atoms with Crippen molar-refractivity contribution in [3.8, 4) is 0 Å². The second-order valence-electron chi connectivity index (χ2n) is 4.77. The average molecular weight is 299 g/mol. The Hall–Kier alpha value is -1.60. The molecule has 7 heteroatoms. The highest BCUT2D eigenvalue weighted by Gasteiger charge is 2.11. The van der Waals surface area contributed by atoms with Gasteiger partial charge in [0.05, 0.1) is 11.8 Å². The molecule has 0 spiro atoms. The summed E-state index contributed by atoms with van der Waals surface area (Å²) < 4.78 is 24.1. The number of nitrogens with one attached hydrogen (secondary N) is 3. The van der Waals surface area contributed by atoms with Gasteiger partial charge in [0.1, 0.15) is 0 Å². The van der Waals surface area contributed by atoms with E-state index in [2.05, 4.69) is 15.4 Å². The number of sulfonamides is 1. The van der Waals surface area contributed by atoms with Crippen LogP contribution < -0.4 is 15.4 Å². The van der Waals surface area contributed by atoms with Gasteiger partial charge < -0.3 is 10.6 Å². The number of anilines is 1. The molecule has 0 heterocycles. The molecule has 3 N–H and O–H groups in total. The van der Waals surface area contributed by atoms with Crippen LogP contribution in [0.25, 0.3) is 0 Å². The molecule has 0 radical (unpaired) electrons. The highest BCUT2D eigenvalue weighted by atomic mass is 32.2. The van der Waals surface area contributed by atoms with Crippen LogP contribution in [0.4, 0.5) is 5.69 Å². The molecule has 0 aliphatic rings. The molecule has 1 aromatic carbocycles. The summed E-state index contributed by atoms with van der Waals surface area (Å²) in [6, 6.07) is 7.42. The molecule has 0 atom stereocenters. The Bertz CT molecular complexity index is 556. The van der Waals surface area contributed by atoms with Gasteiger partial charge in [0.25, 0.3) is 5.91 Å². The average Bonchev–Trinajstić information content (AvgIpc) is 2.33. The van der Waals surface area contributed by atoms with Crippen LogP contribution in [0, 0.1) is 0 Å². The first-order valence-electron chi connectivity index (χ1n) is 6.38. The predicted octanol–water partition coefficient (Wildman–Crippen LogP) is 0.786. The van der Waals surface area contributed by atoms with Gasteiger partial charge in [0, 0.05) is 24.8 Å². The number of rotatable bonds is 7. The van der Waals surface area contributed by atoms with Crippen LogP contribution in [-0.4, -0.2) is 39.7 Å². The van der Waals surface area contributed by atoms with Gasteiger partial charge >= 0.3 is 0 Å². The Morgan fingerprint density at radius 2 is 1.85 bits per heavy atom. The van der Waals surface area contributed by atoms with Crippen LogP contribution in [-0.2, 0) is 10.0 Å². The molecule has 1 rings (SSSR count). The highest BCUT2D eigenvalue weighted by Crippen LogP contribution is 2.15. The molecule has 0 saturated heterocycles. The van der Waals surface area contributed by atoms with E-state index in [1.54, 1.807) is 12.1 Å². The molecule has 112 valence electrons. The third-order valence-corrected chi connectivity index (χ3v) is 3.12. The Morgan fingerprint density at radius 3 is 2.45 bits per heavy atom. The second-order valence-corrected chi connectivity index (χ2v) is 6.60. The molecule has 0 aliphatic heterocycles. The third kappa shape index (κ3) is 6.03. The van der Waals surface area contributed by atoms with E-state index in [1.165, 1.54) is 0 Å². The van der Waals surface area contributed by atoms with E-state index in [9.17, 15) is 13.2 Å². The Kier molecular flexibility index (Phi) is 5.97. The number of para-hydroxylation sites is 1. The van der Waals surface area contributed by atoms with Crippen molar-refractivity contribution in [1.29, 1.82) is 0 Å². The largest absolute Gasteiger partial charge is 0.382 e. The van der Waals surface area contributed by atoms with Crippen molar-refractivity contribution in [3.05, 3.63) is 29.8 Å². The van der Waals surface area contributed by atoms with Crippen molar-refractivity contribution in [2.75, 3.05) is 24.7 Å². The van der Waals surface area contributed by atoms with Gasteiger partial charge in [-0.25, -0.2) is 13.1 Å². The second kappa shape index (κ2) is 7.25. The first kappa shape index (κ1) is 16.5. The zero-order chi connectivity index (χ0) is 15.2. The Labute approximate surface area is 120 Å². The molecule has 0 saturated carbocycles. The van der Waals surface area contributed by atoms with Gasteiger partial charge in [-0.2, -0.15) is 0 Å². The quantitative estimate of drug-likeness (QED) is 0.650. The molecular weight excluding hydrogens is 278 g/mol. The SMILES string of the molecule is CC(C)Nc1ccccc1C(=O)NCCNS(C)(=O)=O. The highest BCUT2D eigenvalue weighted by molar-refractivity contribution is 7.88. The summed E-state index contributed by atoms with van der Waals surface area (Å²) in [6.07, 6.45) is 1.08. The minimum Gasteiger partial charge on any atom is -0.382 e. The van der Waals surface area contributed by atoms with E-state index in [4.69, 9.17) is 0 Å². The summed E-state index contributed by atoms with van der Waals surface area (Å²) in [6.45, 7) is 4.39. The molecule has 0 bridgehead atoms. The predicted molar refractivity (Wildman–Crippen MR) is 80.4 cm³/mol. The summed E-state index contributed by atoms with van der Waals surface area (Å²) >= 11 is 0.